The summed E-state index contributed by atoms with van der Waals surface area (Å²) in [4.78, 5) is 26.1. The van der Waals surface area contributed by atoms with Crippen LogP contribution in [-0.4, -0.2) is 29.2 Å². The number of Topliss-reactive ketones (excluding diaryl/α,β-unsaturated/α-hetero) is 1. The molecule has 0 radical (unpaired) electrons. The number of amides is 1. The summed E-state index contributed by atoms with van der Waals surface area (Å²) >= 11 is 5.93. The third-order valence-electron chi connectivity index (χ3n) is 4.26. The van der Waals surface area contributed by atoms with E-state index in [2.05, 4.69) is 10.2 Å². The lowest BCUT2D eigenvalue weighted by molar-refractivity contribution is -0.117. The number of carbonyl (C=O) groups excluding carboxylic acids is 2. The third kappa shape index (κ3) is 5.15. The SMILES string of the molecule is CC(=O)c1cccc(NC(=O)CN(Cc2ccc(Cl)cc2)C2CC2)c1. The Morgan fingerprint density at radius 1 is 1.16 bits per heavy atom. The lowest BCUT2D eigenvalue weighted by Gasteiger charge is -2.21. The smallest absolute Gasteiger partial charge is 0.238 e. The molecule has 1 aliphatic rings. The van der Waals surface area contributed by atoms with Crippen LogP contribution in [0.5, 0.6) is 0 Å². The van der Waals surface area contributed by atoms with Crippen molar-refractivity contribution in [3.05, 3.63) is 64.7 Å². The summed E-state index contributed by atoms with van der Waals surface area (Å²) in [6.45, 7) is 2.57. The van der Waals surface area contributed by atoms with Crippen molar-refractivity contribution in [1.29, 1.82) is 0 Å². The molecule has 1 saturated carbocycles. The quantitative estimate of drug-likeness (QED) is 0.758. The first-order chi connectivity index (χ1) is 12.0. The second kappa shape index (κ2) is 7.81. The van der Waals surface area contributed by atoms with Crippen molar-refractivity contribution in [1.82, 2.24) is 4.90 Å². The number of nitrogens with one attached hydrogen (secondary N) is 1. The fourth-order valence-corrected chi connectivity index (χ4v) is 2.91. The third-order valence-corrected chi connectivity index (χ3v) is 4.51. The van der Waals surface area contributed by atoms with Gasteiger partial charge in [-0.3, -0.25) is 14.5 Å². The maximum absolute atomic E-state index is 12.4. The summed E-state index contributed by atoms with van der Waals surface area (Å²) in [6.07, 6.45) is 2.25. The number of ketones is 1. The summed E-state index contributed by atoms with van der Waals surface area (Å²) in [7, 11) is 0. The van der Waals surface area contributed by atoms with Crippen LogP contribution in [0.15, 0.2) is 48.5 Å². The lowest BCUT2D eigenvalue weighted by Crippen LogP contribution is -2.34. The number of rotatable bonds is 7. The van der Waals surface area contributed by atoms with Crippen LogP contribution in [0.25, 0.3) is 0 Å². The molecule has 0 aliphatic heterocycles. The van der Waals surface area contributed by atoms with Crippen molar-refractivity contribution in [3.63, 3.8) is 0 Å². The van der Waals surface area contributed by atoms with E-state index in [1.54, 1.807) is 24.3 Å². The fourth-order valence-electron chi connectivity index (χ4n) is 2.78. The van der Waals surface area contributed by atoms with Crippen molar-refractivity contribution < 1.29 is 9.59 Å². The minimum Gasteiger partial charge on any atom is -0.325 e. The molecule has 25 heavy (non-hydrogen) atoms. The molecule has 0 atom stereocenters. The molecule has 2 aromatic rings. The van der Waals surface area contributed by atoms with Gasteiger partial charge in [-0.1, -0.05) is 35.9 Å². The average Bonchev–Trinajstić information content (AvgIpc) is 3.41. The first-order valence-electron chi connectivity index (χ1n) is 8.40. The van der Waals surface area contributed by atoms with E-state index in [1.807, 2.05) is 24.3 Å². The molecule has 0 saturated heterocycles. The lowest BCUT2D eigenvalue weighted by atomic mass is 10.1. The molecule has 1 N–H and O–H groups in total. The van der Waals surface area contributed by atoms with Crippen molar-refractivity contribution in [2.45, 2.75) is 32.4 Å². The Balaban J connectivity index is 1.62. The Bertz CT molecular complexity index is 770. The summed E-state index contributed by atoms with van der Waals surface area (Å²) < 4.78 is 0. The molecule has 0 bridgehead atoms. The van der Waals surface area contributed by atoms with E-state index in [9.17, 15) is 9.59 Å². The van der Waals surface area contributed by atoms with Crippen LogP contribution in [0.2, 0.25) is 5.02 Å². The van der Waals surface area contributed by atoms with E-state index in [4.69, 9.17) is 11.6 Å². The number of benzene rings is 2. The molecule has 0 spiro atoms. The van der Waals surface area contributed by atoms with Crippen LogP contribution < -0.4 is 5.32 Å². The Morgan fingerprint density at radius 2 is 1.88 bits per heavy atom. The minimum atomic E-state index is -0.0680. The first-order valence-corrected chi connectivity index (χ1v) is 8.78. The van der Waals surface area contributed by atoms with Crippen molar-refractivity contribution in [2.75, 3.05) is 11.9 Å². The fraction of sp³-hybridized carbons (Fsp3) is 0.300. The van der Waals surface area contributed by atoms with E-state index in [0.29, 0.717) is 28.9 Å². The van der Waals surface area contributed by atoms with E-state index < -0.39 is 0 Å². The first kappa shape index (κ1) is 17.6. The predicted molar refractivity (Wildman–Crippen MR) is 100.0 cm³/mol. The number of nitrogens with zero attached hydrogens (tertiary/aromatic N) is 1. The van der Waals surface area contributed by atoms with Crippen LogP contribution in [0.1, 0.15) is 35.7 Å². The second-order valence-corrected chi connectivity index (χ2v) is 6.88. The van der Waals surface area contributed by atoms with Crippen LogP contribution in [0.4, 0.5) is 5.69 Å². The molecule has 0 aromatic heterocycles. The van der Waals surface area contributed by atoms with Crippen molar-refractivity contribution in [3.8, 4) is 0 Å². The summed E-state index contributed by atoms with van der Waals surface area (Å²) in [5.74, 6) is -0.0833. The van der Waals surface area contributed by atoms with Gasteiger partial charge in [0.1, 0.15) is 0 Å². The van der Waals surface area contributed by atoms with Gasteiger partial charge < -0.3 is 5.32 Å². The number of halogens is 1. The van der Waals surface area contributed by atoms with E-state index in [-0.39, 0.29) is 11.7 Å². The molecular formula is C20H21ClN2O2. The number of anilines is 1. The standard InChI is InChI=1S/C20H21ClN2O2/c1-14(24)16-3-2-4-18(11-16)22-20(25)13-23(19-9-10-19)12-15-5-7-17(21)8-6-15/h2-8,11,19H,9-10,12-13H2,1H3,(H,22,25). The van der Waals surface area contributed by atoms with E-state index in [1.165, 1.54) is 6.92 Å². The van der Waals surface area contributed by atoms with Gasteiger partial charge in [-0.25, -0.2) is 0 Å². The summed E-state index contributed by atoms with van der Waals surface area (Å²) in [5, 5.41) is 3.60. The van der Waals surface area contributed by atoms with E-state index >= 15 is 0 Å². The normalized spacial score (nSPS) is 13.7. The molecule has 1 aliphatic carbocycles. The zero-order valence-corrected chi connectivity index (χ0v) is 14.9. The van der Waals surface area contributed by atoms with Crippen LogP contribution >= 0.6 is 11.6 Å². The highest BCUT2D eigenvalue weighted by molar-refractivity contribution is 6.30. The maximum atomic E-state index is 12.4. The van der Waals surface area contributed by atoms with Crippen LogP contribution in [-0.2, 0) is 11.3 Å². The molecule has 3 rings (SSSR count). The average molecular weight is 357 g/mol. The summed E-state index contributed by atoms with van der Waals surface area (Å²) in [5.41, 5.74) is 2.39. The van der Waals surface area contributed by atoms with Gasteiger partial charge in [0.05, 0.1) is 6.54 Å². The van der Waals surface area contributed by atoms with Crippen molar-refractivity contribution in [2.24, 2.45) is 0 Å². The van der Waals surface area contributed by atoms with Crippen molar-refractivity contribution >= 4 is 29.0 Å². The molecule has 2 aromatic carbocycles. The van der Waals surface area contributed by atoms with Gasteiger partial charge in [-0.05, 0) is 49.6 Å². The molecular weight excluding hydrogens is 336 g/mol. The molecule has 130 valence electrons. The molecule has 0 heterocycles. The van der Waals surface area contributed by atoms with Gasteiger partial charge >= 0.3 is 0 Å². The summed E-state index contributed by atoms with van der Waals surface area (Å²) in [6, 6.07) is 15.2. The zero-order valence-electron chi connectivity index (χ0n) is 14.2. The van der Waals surface area contributed by atoms with Gasteiger partial charge in [0, 0.05) is 28.9 Å². The Morgan fingerprint density at radius 3 is 2.52 bits per heavy atom. The van der Waals surface area contributed by atoms with Gasteiger partial charge in [0.15, 0.2) is 5.78 Å². The Kier molecular flexibility index (Phi) is 5.51. The number of hydrogen-bond acceptors (Lipinski definition) is 3. The monoisotopic (exact) mass is 356 g/mol. The zero-order chi connectivity index (χ0) is 17.8. The number of hydrogen-bond donors (Lipinski definition) is 1. The maximum Gasteiger partial charge on any atom is 0.238 e. The van der Waals surface area contributed by atoms with Gasteiger partial charge in [0.2, 0.25) is 5.91 Å². The Hall–Kier alpha value is -2.17. The van der Waals surface area contributed by atoms with Crippen LogP contribution in [0, 0.1) is 0 Å². The predicted octanol–water partition coefficient (Wildman–Crippen LogP) is 4.15. The molecule has 0 unspecified atom stereocenters. The second-order valence-electron chi connectivity index (χ2n) is 6.45. The highest BCUT2D eigenvalue weighted by Gasteiger charge is 2.30. The molecule has 5 heteroatoms. The van der Waals surface area contributed by atoms with Gasteiger partial charge in [-0.15, -0.1) is 0 Å². The van der Waals surface area contributed by atoms with Crippen LogP contribution in [0.3, 0.4) is 0 Å². The Labute approximate surface area is 152 Å². The molecule has 1 fully saturated rings. The topological polar surface area (TPSA) is 49.4 Å². The van der Waals surface area contributed by atoms with Gasteiger partial charge in [-0.2, -0.15) is 0 Å². The largest absolute Gasteiger partial charge is 0.325 e. The van der Waals surface area contributed by atoms with E-state index in [0.717, 1.165) is 24.9 Å². The highest BCUT2D eigenvalue weighted by atomic mass is 35.5. The highest BCUT2D eigenvalue weighted by Crippen LogP contribution is 2.28. The molecule has 1 amide bonds. The van der Waals surface area contributed by atoms with Gasteiger partial charge in [0.25, 0.3) is 0 Å². The number of carbonyl (C=O) groups is 2. The molecule has 4 nitrogen and oxygen atoms in total. The minimum absolute atomic E-state index is 0.0153.